The standard InChI is InChI=1S/C26H32N4O7/c1-16(32)28-23-12-18-19(14-30(21(18)13-27-23)24(33)37-25(2,3)4)20-10-17(36-9-7-31)11-22(29-20)26(34-5)6-8-35-15-26/h10-14,31H,6-9,15H2,1-5H3,(H,27,28,32). The Morgan fingerprint density at radius 2 is 2.05 bits per heavy atom. The van der Waals surface area contributed by atoms with E-state index in [9.17, 15) is 14.7 Å². The summed E-state index contributed by atoms with van der Waals surface area (Å²) < 4.78 is 24.2. The maximum Gasteiger partial charge on any atom is 0.419 e. The molecule has 0 spiro atoms. The van der Waals surface area contributed by atoms with Gasteiger partial charge in [0.25, 0.3) is 0 Å². The number of hydrogen-bond donors (Lipinski definition) is 2. The highest BCUT2D eigenvalue weighted by atomic mass is 16.6. The molecule has 0 aromatic carbocycles. The van der Waals surface area contributed by atoms with Crippen LogP contribution in [0.3, 0.4) is 0 Å². The zero-order valence-corrected chi connectivity index (χ0v) is 21.7. The summed E-state index contributed by atoms with van der Waals surface area (Å²) in [5.74, 6) is 0.531. The van der Waals surface area contributed by atoms with Gasteiger partial charge in [0.2, 0.25) is 5.91 Å². The molecule has 1 unspecified atom stereocenters. The first kappa shape index (κ1) is 26.5. The van der Waals surface area contributed by atoms with E-state index in [2.05, 4.69) is 10.3 Å². The van der Waals surface area contributed by atoms with E-state index >= 15 is 0 Å². The fraction of sp³-hybridized carbons (Fsp3) is 0.462. The highest BCUT2D eigenvalue weighted by Gasteiger charge is 2.39. The minimum atomic E-state index is -0.764. The molecule has 0 bridgehead atoms. The van der Waals surface area contributed by atoms with Gasteiger partial charge >= 0.3 is 6.09 Å². The largest absolute Gasteiger partial charge is 0.491 e. The Bertz CT molecular complexity index is 1310. The third kappa shape index (κ3) is 5.74. The number of rotatable bonds is 7. The number of pyridine rings is 2. The second-order valence-electron chi connectivity index (χ2n) is 9.81. The van der Waals surface area contributed by atoms with Gasteiger partial charge in [0.1, 0.15) is 29.4 Å². The van der Waals surface area contributed by atoms with Crippen LogP contribution in [-0.4, -0.2) is 70.8 Å². The van der Waals surface area contributed by atoms with E-state index in [1.54, 1.807) is 52.3 Å². The molecule has 2 N–H and O–H groups in total. The average molecular weight is 513 g/mol. The van der Waals surface area contributed by atoms with Crippen LogP contribution >= 0.6 is 0 Å². The van der Waals surface area contributed by atoms with Gasteiger partial charge < -0.3 is 29.4 Å². The van der Waals surface area contributed by atoms with Crippen LogP contribution in [0.1, 0.15) is 39.8 Å². The second-order valence-corrected chi connectivity index (χ2v) is 9.81. The van der Waals surface area contributed by atoms with Gasteiger partial charge in [-0.3, -0.25) is 9.36 Å². The molecule has 4 heterocycles. The lowest BCUT2D eigenvalue weighted by molar-refractivity contribution is -0.114. The highest BCUT2D eigenvalue weighted by Crippen LogP contribution is 2.38. The molecular weight excluding hydrogens is 480 g/mol. The van der Waals surface area contributed by atoms with Crippen molar-refractivity contribution in [1.82, 2.24) is 14.5 Å². The summed E-state index contributed by atoms with van der Waals surface area (Å²) in [6, 6.07) is 5.18. The van der Waals surface area contributed by atoms with Crippen molar-refractivity contribution < 1.29 is 33.6 Å². The van der Waals surface area contributed by atoms with Crippen LogP contribution in [0.2, 0.25) is 0 Å². The predicted molar refractivity (Wildman–Crippen MR) is 136 cm³/mol. The molecule has 198 valence electrons. The van der Waals surface area contributed by atoms with E-state index in [0.29, 0.717) is 59.1 Å². The first-order valence-corrected chi connectivity index (χ1v) is 12.0. The van der Waals surface area contributed by atoms with Crippen LogP contribution in [0, 0.1) is 0 Å². The van der Waals surface area contributed by atoms with Crippen molar-refractivity contribution >= 4 is 28.7 Å². The molecule has 0 aliphatic carbocycles. The van der Waals surface area contributed by atoms with Gasteiger partial charge in [-0.15, -0.1) is 0 Å². The van der Waals surface area contributed by atoms with Crippen molar-refractivity contribution in [1.29, 1.82) is 0 Å². The van der Waals surface area contributed by atoms with Gasteiger partial charge in [-0.25, -0.2) is 14.8 Å². The molecule has 1 amide bonds. The van der Waals surface area contributed by atoms with Crippen molar-refractivity contribution in [3.8, 4) is 17.0 Å². The SMILES string of the molecule is COC1(c2cc(OCCO)cc(-c3cn(C(=O)OC(C)(C)C)c4cnc(NC(C)=O)cc34)n2)CCOC1. The Kier molecular flexibility index (Phi) is 7.49. The molecule has 11 nitrogen and oxygen atoms in total. The Morgan fingerprint density at radius 3 is 2.68 bits per heavy atom. The minimum absolute atomic E-state index is 0.0929. The van der Waals surface area contributed by atoms with E-state index in [0.717, 1.165) is 0 Å². The predicted octanol–water partition coefficient (Wildman–Crippen LogP) is 3.47. The van der Waals surface area contributed by atoms with E-state index < -0.39 is 17.3 Å². The summed E-state index contributed by atoms with van der Waals surface area (Å²) in [7, 11) is 1.61. The van der Waals surface area contributed by atoms with Gasteiger partial charge in [-0.05, 0) is 26.8 Å². The van der Waals surface area contributed by atoms with Crippen molar-refractivity contribution in [2.75, 3.05) is 38.9 Å². The molecule has 0 radical (unpaired) electrons. The van der Waals surface area contributed by atoms with Crippen molar-refractivity contribution in [2.45, 2.75) is 45.3 Å². The zero-order valence-electron chi connectivity index (χ0n) is 21.7. The second kappa shape index (κ2) is 10.4. The maximum atomic E-state index is 13.1. The van der Waals surface area contributed by atoms with Gasteiger partial charge in [-0.1, -0.05) is 0 Å². The van der Waals surface area contributed by atoms with E-state index in [1.165, 1.54) is 17.7 Å². The number of aromatic nitrogens is 3. The summed E-state index contributed by atoms with van der Waals surface area (Å²) >= 11 is 0. The van der Waals surface area contributed by atoms with Crippen molar-refractivity contribution in [3.63, 3.8) is 0 Å². The first-order chi connectivity index (χ1) is 17.5. The zero-order chi connectivity index (χ0) is 26.8. The lowest BCUT2D eigenvalue weighted by Crippen LogP contribution is -2.30. The molecule has 1 aliphatic heterocycles. The molecule has 11 heteroatoms. The number of nitrogens with zero attached hydrogens (tertiary/aromatic N) is 3. The van der Waals surface area contributed by atoms with Crippen LogP contribution in [0.5, 0.6) is 5.75 Å². The first-order valence-electron chi connectivity index (χ1n) is 12.0. The summed E-state index contributed by atoms with van der Waals surface area (Å²) in [6.07, 6.45) is 3.16. The number of fused-ring (bicyclic) bond motifs is 1. The Labute approximate surface area is 214 Å². The lowest BCUT2D eigenvalue weighted by Gasteiger charge is -2.26. The van der Waals surface area contributed by atoms with Crippen LogP contribution in [0.25, 0.3) is 22.2 Å². The van der Waals surface area contributed by atoms with Crippen LogP contribution in [-0.2, 0) is 24.6 Å². The fourth-order valence-electron chi connectivity index (χ4n) is 4.18. The monoisotopic (exact) mass is 512 g/mol. The minimum Gasteiger partial charge on any atom is -0.491 e. The Balaban J connectivity index is 1.92. The van der Waals surface area contributed by atoms with E-state index in [-0.39, 0.29) is 19.1 Å². The quantitative estimate of drug-likeness (QED) is 0.488. The Morgan fingerprint density at radius 1 is 1.27 bits per heavy atom. The summed E-state index contributed by atoms with van der Waals surface area (Å²) in [6.45, 7) is 7.54. The molecule has 1 fully saturated rings. The molecule has 0 saturated carbocycles. The van der Waals surface area contributed by atoms with Crippen molar-refractivity contribution in [3.05, 3.63) is 36.3 Å². The number of amides is 1. The molecule has 37 heavy (non-hydrogen) atoms. The molecule has 3 aromatic heterocycles. The lowest BCUT2D eigenvalue weighted by atomic mass is 9.96. The number of nitrogens with one attached hydrogen (secondary N) is 1. The third-order valence-corrected chi connectivity index (χ3v) is 5.86. The molecular formula is C26H32N4O7. The van der Waals surface area contributed by atoms with Crippen molar-refractivity contribution in [2.24, 2.45) is 0 Å². The van der Waals surface area contributed by atoms with Crippen LogP contribution < -0.4 is 10.1 Å². The van der Waals surface area contributed by atoms with E-state index in [4.69, 9.17) is 23.9 Å². The summed E-state index contributed by atoms with van der Waals surface area (Å²) in [5, 5.41) is 12.6. The summed E-state index contributed by atoms with van der Waals surface area (Å²) in [5.41, 5.74) is 0.701. The number of carbonyl (C=O) groups excluding carboxylic acids is 2. The maximum absolute atomic E-state index is 13.1. The molecule has 1 atom stereocenters. The highest BCUT2D eigenvalue weighted by molar-refractivity contribution is 6.02. The van der Waals surface area contributed by atoms with E-state index in [1.807, 2.05) is 0 Å². The molecule has 4 rings (SSSR count). The Hall–Kier alpha value is -3.54. The number of aliphatic hydroxyl groups is 1. The smallest absolute Gasteiger partial charge is 0.419 e. The number of ether oxygens (including phenoxy) is 4. The number of carbonyl (C=O) groups is 2. The fourth-order valence-corrected chi connectivity index (χ4v) is 4.18. The molecule has 1 aliphatic rings. The number of aliphatic hydroxyl groups excluding tert-OH is 1. The number of methoxy groups -OCH3 is 1. The molecule has 1 saturated heterocycles. The van der Waals surface area contributed by atoms with Gasteiger partial charge in [0, 0.05) is 56.3 Å². The summed E-state index contributed by atoms with van der Waals surface area (Å²) in [4.78, 5) is 34.0. The number of anilines is 1. The number of hydrogen-bond acceptors (Lipinski definition) is 9. The average Bonchev–Trinajstić information content (AvgIpc) is 3.47. The third-order valence-electron chi connectivity index (χ3n) is 5.86. The van der Waals surface area contributed by atoms with Gasteiger partial charge in [0.05, 0.1) is 36.3 Å². The van der Waals surface area contributed by atoms with Gasteiger partial charge in [0.15, 0.2) is 0 Å². The van der Waals surface area contributed by atoms with Crippen LogP contribution in [0.4, 0.5) is 10.6 Å². The van der Waals surface area contributed by atoms with Crippen LogP contribution in [0.15, 0.2) is 30.6 Å². The normalized spacial score (nSPS) is 17.7. The van der Waals surface area contributed by atoms with Gasteiger partial charge in [-0.2, -0.15) is 0 Å². The molecule has 3 aromatic rings. The topological polar surface area (TPSA) is 134 Å².